The third-order valence-corrected chi connectivity index (χ3v) is 8.73. The first-order valence-electron chi connectivity index (χ1n) is 13.0. The topological polar surface area (TPSA) is 122 Å². The number of anilines is 1. The number of morpholine rings is 1. The molecule has 4 aromatic rings. The highest BCUT2D eigenvalue weighted by Crippen LogP contribution is 2.34. The van der Waals surface area contributed by atoms with Crippen molar-refractivity contribution >= 4 is 54.9 Å². The van der Waals surface area contributed by atoms with Crippen LogP contribution in [0.25, 0.3) is 26.1 Å². The normalized spacial score (nSPS) is 17.4. The monoisotopic (exact) mass is 534 g/mol. The number of aromatic nitrogens is 2. The highest BCUT2D eigenvalue weighted by atomic mass is 32.1. The Hall–Kier alpha value is -3.54. The summed E-state index contributed by atoms with van der Waals surface area (Å²) in [7, 11) is 0. The number of nitrogens with zero attached hydrogens (tertiary/aromatic N) is 4. The number of hydrogen-bond acceptors (Lipinski definition) is 8. The van der Waals surface area contributed by atoms with Crippen molar-refractivity contribution < 1.29 is 14.3 Å². The van der Waals surface area contributed by atoms with Gasteiger partial charge < -0.3 is 20.7 Å². The SMILES string of the molecule is NC(=O)C1CCN(c2ccnc3c2c(=O)c(C(=O)NCCN2CCOCC2)c2sc4ccccc4n23)CC1. The number of ether oxygens (including phenoxy) is 1. The number of piperidine rings is 1. The van der Waals surface area contributed by atoms with E-state index in [0.717, 1.165) is 29.0 Å². The van der Waals surface area contributed by atoms with Crippen LogP contribution in [-0.2, 0) is 9.53 Å². The number of para-hydroxylation sites is 1. The maximum Gasteiger partial charge on any atom is 0.258 e. The number of thiazole rings is 1. The van der Waals surface area contributed by atoms with Gasteiger partial charge in [0.25, 0.3) is 5.91 Å². The van der Waals surface area contributed by atoms with E-state index in [1.807, 2.05) is 34.7 Å². The van der Waals surface area contributed by atoms with Crippen LogP contribution in [0, 0.1) is 5.92 Å². The van der Waals surface area contributed by atoms with Gasteiger partial charge in [-0.3, -0.25) is 23.7 Å². The number of amides is 2. The lowest BCUT2D eigenvalue weighted by molar-refractivity contribution is -0.122. The van der Waals surface area contributed by atoms with Crippen LogP contribution < -0.4 is 21.4 Å². The van der Waals surface area contributed by atoms with Crippen LogP contribution in [0.5, 0.6) is 0 Å². The van der Waals surface area contributed by atoms with Crippen molar-refractivity contribution in [3.05, 3.63) is 52.3 Å². The van der Waals surface area contributed by atoms with Gasteiger partial charge in [-0.15, -0.1) is 11.3 Å². The average Bonchev–Trinajstić information content (AvgIpc) is 3.32. The molecule has 10 nitrogen and oxygen atoms in total. The van der Waals surface area contributed by atoms with Gasteiger partial charge in [0.1, 0.15) is 10.4 Å². The first-order chi connectivity index (χ1) is 18.5. The second-order valence-corrected chi connectivity index (χ2v) is 10.8. The van der Waals surface area contributed by atoms with Crippen LogP contribution in [0.1, 0.15) is 23.2 Å². The number of nitrogens with one attached hydrogen (secondary N) is 1. The molecule has 0 atom stereocenters. The highest BCUT2D eigenvalue weighted by Gasteiger charge is 2.28. The first-order valence-corrected chi connectivity index (χ1v) is 13.8. The molecule has 198 valence electrons. The standard InChI is InChI=1S/C27H30N6O4S/c28-24(35)17-6-10-32(11-7-17)19-5-8-29-25-21(19)23(34)22(26(36)30-9-12-31-13-15-37-16-14-31)27-33(25)18-3-1-2-4-20(18)38-27/h1-5,8,17H,6-7,9-16H2,(H2,28,35)(H,30,36). The van der Waals surface area contributed by atoms with Gasteiger partial charge in [0.2, 0.25) is 11.3 Å². The summed E-state index contributed by atoms with van der Waals surface area (Å²) in [6.07, 6.45) is 2.95. The number of rotatable bonds is 6. The predicted octanol–water partition coefficient (Wildman–Crippen LogP) is 1.83. The number of fused-ring (bicyclic) bond motifs is 5. The number of nitrogens with two attached hydrogens (primary N) is 1. The minimum absolute atomic E-state index is 0.141. The quantitative estimate of drug-likeness (QED) is 0.387. The molecule has 0 spiro atoms. The second kappa shape index (κ2) is 10.3. The second-order valence-electron chi connectivity index (χ2n) is 9.82. The Balaban J connectivity index is 1.44. The van der Waals surface area contributed by atoms with Crippen LogP contribution in [0.3, 0.4) is 0 Å². The smallest absolute Gasteiger partial charge is 0.258 e. The lowest BCUT2D eigenvalue weighted by atomic mass is 9.95. The molecule has 0 aliphatic carbocycles. The number of hydrogen-bond donors (Lipinski definition) is 2. The molecule has 2 amide bonds. The van der Waals surface area contributed by atoms with E-state index in [-0.39, 0.29) is 28.7 Å². The zero-order chi connectivity index (χ0) is 26.2. The van der Waals surface area contributed by atoms with Gasteiger partial charge in [-0.05, 0) is 31.0 Å². The molecular weight excluding hydrogens is 504 g/mol. The Morgan fingerprint density at radius 3 is 2.63 bits per heavy atom. The molecule has 11 heteroatoms. The van der Waals surface area contributed by atoms with E-state index in [1.165, 1.54) is 11.3 Å². The molecule has 2 saturated heterocycles. The van der Waals surface area contributed by atoms with E-state index in [2.05, 4.69) is 20.1 Å². The molecule has 38 heavy (non-hydrogen) atoms. The molecule has 2 aliphatic rings. The minimum atomic E-state index is -0.378. The number of primary amides is 1. The van der Waals surface area contributed by atoms with Crippen LogP contribution in [0.15, 0.2) is 41.3 Å². The van der Waals surface area contributed by atoms with Crippen molar-refractivity contribution in [1.29, 1.82) is 0 Å². The molecule has 3 aromatic heterocycles. The zero-order valence-electron chi connectivity index (χ0n) is 21.0. The third kappa shape index (κ3) is 4.40. The fourth-order valence-electron chi connectivity index (χ4n) is 5.52. The van der Waals surface area contributed by atoms with E-state index in [0.29, 0.717) is 68.1 Å². The molecule has 0 bridgehead atoms. The van der Waals surface area contributed by atoms with E-state index < -0.39 is 0 Å². The van der Waals surface area contributed by atoms with Crippen molar-refractivity contribution in [3.8, 4) is 0 Å². The van der Waals surface area contributed by atoms with Crippen molar-refractivity contribution in [2.75, 3.05) is 57.4 Å². The fraction of sp³-hybridized carbons (Fsp3) is 0.407. The Labute approximate surface area is 223 Å². The Kier molecular flexibility index (Phi) is 6.73. The number of carbonyl (C=O) groups is 2. The maximum absolute atomic E-state index is 14.1. The van der Waals surface area contributed by atoms with Crippen LogP contribution in [0.4, 0.5) is 5.69 Å². The van der Waals surface area contributed by atoms with Crippen molar-refractivity contribution in [3.63, 3.8) is 0 Å². The van der Waals surface area contributed by atoms with E-state index in [9.17, 15) is 14.4 Å². The largest absolute Gasteiger partial charge is 0.379 e. The number of pyridine rings is 2. The van der Waals surface area contributed by atoms with E-state index in [4.69, 9.17) is 10.5 Å². The van der Waals surface area contributed by atoms with Crippen LogP contribution >= 0.6 is 11.3 Å². The zero-order valence-corrected chi connectivity index (χ0v) is 21.8. The van der Waals surface area contributed by atoms with Gasteiger partial charge in [0.05, 0.1) is 34.5 Å². The molecule has 2 aliphatic heterocycles. The molecule has 3 N–H and O–H groups in total. The summed E-state index contributed by atoms with van der Waals surface area (Å²) >= 11 is 1.42. The van der Waals surface area contributed by atoms with Crippen molar-refractivity contribution in [2.24, 2.45) is 11.7 Å². The Morgan fingerprint density at radius 2 is 1.87 bits per heavy atom. The van der Waals surface area contributed by atoms with Gasteiger partial charge in [-0.1, -0.05) is 12.1 Å². The highest BCUT2D eigenvalue weighted by molar-refractivity contribution is 7.24. The van der Waals surface area contributed by atoms with Gasteiger partial charge in [-0.2, -0.15) is 0 Å². The van der Waals surface area contributed by atoms with Crippen molar-refractivity contribution in [2.45, 2.75) is 12.8 Å². The molecular formula is C27H30N6O4S. The number of carbonyl (C=O) groups excluding carboxylic acids is 2. The lowest BCUT2D eigenvalue weighted by Crippen LogP contribution is -2.42. The van der Waals surface area contributed by atoms with Gasteiger partial charge >= 0.3 is 0 Å². The first kappa shape index (κ1) is 24.8. The maximum atomic E-state index is 14.1. The molecule has 0 radical (unpaired) electrons. The number of benzene rings is 1. The summed E-state index contributed by atoms with van der Waals surface area (Å²) in [5.74, 6) is -0.830. The van der Waals surface area contributed by atoms with E-state index in [1.54, 1.807) is 6.20 Å². The lowest BCUT2D eigenvalue weighted by Gasteiger charge is -2.32. The van der Waals surface area contributed by atoms with Crippen molar-refractivity contribution in [1.82, 2.24) is 19.6 Å². The molecule has 0 saturated carbocycles. The average molecular weight is 535 g/mol. The summed E-state index contributed by atoms with van der Waals surface area (Å²) in [6.45, 7) is 5.37. The van der Waals surface area contributed by atoms with Gasteiger partial charge in [-0.25, -0.2) is 4.98 Å². The van der Waals surface area contributed by atoms with Gasteiger partial charge in [0, 0.05) is 51.4 Å². The molecule has 1 aromatic carbocycles. The predicted molar refractivity (Wildman–Crippen MR) is 148 cm³/mol. The Morgan fingerprint density at radius 1 is 1.11 bits per heavy atom. The molecule has 6 rings (SSSR count). The summed E-state index contributed by atoms with van der Waals surface area (Å²) in [6, 6.07) is 9.69. The van der Waals surface area contributed by atoms with E-state index >= 15 is 0 Å². The summed E-state index contributed by atoms with van der Waals surface area (Å²) in [5.41, 5.74) is 7.51. The Bertz CT molecular complexity index is 1580. The van der Waals surface area contributed by atoms with Gasteiger partial charge in [0.15, 0.2) is 5.65 Å². The summed E-state index contributed by atoms with van der Waals surface area (Å²) in [4.78, 5) is 49.0. The molecule has 2 fully saturated rings. The van der Waals surface area contributed by atoms with Crippen LogP contribution in [0.2, 0.25) is 0 Å². The molecule has 5 heterocycles. The minimum Gasteiger partial charge on any atom is -0.379 e. The third-order valence-electron chi connectivity index (χ3n) is 7.59. The fourth-order valence-corrected chi connectivity index (χ4v) is 6.70. The van der Waals surface area contributed by atoms with Crippen LogP contribution in [-0.4, -0.2) is 78.6 Å². The summed E-state index contributed by atoms with van der Waals surface area (Å²) < 4.78 is 8.31. The summed E-state index contributed by atoms with van der Waals surface area (Å²) in [5, 5.41) is 3.41. The molecule has 0 unspecified atom stereocenters.